The molecule has 29 heavy (non-hydrogen) atoms. The summed E-state index contributed by atoms with van der Waals surface area (Å²) in [5.74, 6) is 0.440. The minimum absolute atomic E-state index is 0.0435. The molecule has 0 fully saturated rings. The summed E-state index contributed by atoms with van der Waals surface area (Å²) in [6, 6.07) is 8.07. The number of aromatic nitrogens is 2. The molecule has 1 aromatic carbocycles. The van der Waals surface area contributed by atoms with Crippen molar-refractivity contribution in [2.24, 2.45) is 5.14 Å². The smallest absolute Gasteiger partial charge is 0.263 e. The van der Waals surface area contributed by atoms with Crippen LogP contribution in [0.4, 0.5) is 0 Å². The Morgan fingerprint density at radius 2 is 1.90 bits per heavy atom. The Balaban J connectivity index is 2.01. The first-order valence-corrected chi connectivity index (χ1v) is 12.9. The number of sulfonamides is 1. The predicted molar refractivity (Wildman–Crippen MR) is 122 cm³/mol. The lowest BCUT2D eigenvalue weighted by molar-refractivity contribution is 0.596. The van der Waals surface area contributed by atoms with Crippen molar-refractivity contribution in [3.05, 3.63) is 56.2 Å². The second kappa shape index (κ2) is 8.99. The normalized spacial score (nSPS) is 12.0. The van der Waals surface area contributed by atoms with Crippen LogP contribution in [0.15, 0.2) is 34.2 Å². The van der Waals surface area contributed by atoms with Gasteiger partial charge in [-0.15, -0.1) is 11.3 Å². The van der Waals surface area contributed by atoms with Crippen LogP contribution in [0.2, 0.25) is 0 Å². The molecule has 3 aromatic rings. The first kappa shape index (κ1) is 22.0. The average Bonchev–Trinajstić information content (AvgIpc) is 2.98. The van der Waals surface area contributed by atoms with Gasteiger partial charge in [-0.05, 0) is 37.8 Å². The van der Waals surface area contributed by atoms with E-state index in [1.807, 2.05) is 38.1 Å². The lowest BCUT2D eigenvalue weighted by atomic mass is 10.1. The maximum Gasteiger partial charge on any atom is 0.263 e. The van der Waals surface area contributed by atoms with Gasteiger partial charge >= 0.3 is 0 Å². The minimum Gasteiger partial charge on any atom is -0.283 e. The fourth-order valence-corrected chi connectivity index (χ4v) is 5.96. The molecule has 0 radical (unpaired) electrons. The minimum atomic E-state index is -3.49. The largest absolute Gasteiger partial charge is 0.283 e. The Bertz CT molecular complexity index is 1180. The number of thiophene rings is 1. The fourth-order valence-electron chi connectivity index (χ4n) is 3.13. The fraction of sp³-hybridized carbons (Fsp3) is 0.400. The molecule has 0 aliphatic carbocycles. The summed E-state index contributed by atoms with van der Waals surface area (Å²) >= 11 is 2.96. The van der Waals surface area contributed by atoms with E-state index in [1.54, 1.807) is 15.9 Å². The second-order valence-electron chi connectivity index (χ2n) is 7.02. The highest BCUT2D eigenvalue weighted by Crippen LogP contribution is 2.30. The Morgan fingerprint density at radius 1 is 1.21 bits per heavy atom. The SMILES string of the molecule is CCc1sc2nc(SCCCS(N)(=O)=O)n(Cc3ccc(C)cc3)c(=O)c2c1C. The third kappa shape index (κ3) is 5.28. The number of rotatable bonds is 8. The highest BCUT2D eigenvalue weighted by Gasteiger charge is 2.18. The molecule has 2 heterocycles. The summed E-state index contributed by atoms with van der Waals surface area (Å²) < 4.78 is 24.1. The van der Waals surface area contributed by atoms with Crippen LogP contribution in [0.5, 0.6) is 0 Å². The second-order valence-corrected chi connectivity index (χ2v) is 10.9. The molecule has 2 N–H and O–H groups in total. The van der Waals surface area contributed by atoms with Crippen molar-refractivity contribution in [1.82, 2.24) is 9.55 Å². The predicted octanol–water partition coefficient (Wildman–Crippen LogP) is 3.46. The summed E-state index contributed by atoms with van der Waals surface area (Å²) in [6.07, 6.45) is 1.27. The molecule has 0 saturated heterocycles. The molecule has 3 rings (SSSR count). The van der Waals surface area contributed by atoms with Crippen molar-refractivity contribution < 1.29 is 8.42 Å². The molecule has 9 heteroatoms. The summed E-state index contributed by atoms with van der Waals surface area (Å²) in [6.45, 7) is 6.51. The van der Waals surface area contributed by atoms with Gasteiger partial charge in [0.1, 0.15) is 4.83 Å². The standard InChI is InChI=1S/C20H25N3O3S3/c1-4-16-14(3)17-18(28-16)22-20(27-10-5-11-29(21,25)26)23(19(17)24)12-15-8-6-13(2)7-9-15/h6-9H,4-5,10-12H2,1-3H3,(H2,21,25,26). The summed E-state index contributed by atoms with van der Waals surface area (Å²) in [7, 11) is -3.49. The van der Waals surface area contributed by atoms with E-state index in [4.69, 9.17) is 10.1 Å². The number of benzene rings is 1. The van der Waals surface area contributed by atoms with E-state index in [2.05, 4.69) is 6.92 Å². The van der Waals surface area contributed by atoms with Gasteiger partial charge in [0, 0.05) is 10.6 Å². The van der Waals surface area contributed by atoms with Crippen LogP contribution < -0.4 is 10.7 Å². The first-order valence-electron chi connectivity index (χ1n) is 9.41. The van der Waals surface area contributed by atoms with Crippen LogP contribution in [0.25, 0.3) is 10.2 Å². The average molecular weight is 452 g/mol. The Morgan fingerprint density at radius 3 is 2.52 bits per heavy atom. The highest BCUT2D eigenvalue weighted by molar-refractivity contribution is 7.99. The van der Waals surface area contributed by atoms with Gasteiger partial charge in [0.05, 0.1) is 17.7 Å². The number of fused-ring (bicyclic) bond motifs is 1. The molecule has 0 aliphatic rings. The third-order valence-corrected chi connectivity index (χ3v) is 7.95. The molecule has 6 nitrogen and oxygen atoms in total. The molecule has 0 aliphatic heterocycles. The maximum absolute atomic E-state index is 13.4. The monoisotopic (exact) mass is 451 g/mol. The molecular weight excluding hydrogens is 426 g/mol. The molecule has 0 spiro atoms. The number of primary sulfonamides is 1. The number of nitrogens with two attached hydrogens (primary N) is 1. The van der Waals surface area contributed by atoms with E-state index in [0.29, 0.717) is 29.3 Å². The van der Waals surface area contributed by atoms with E-state index >= 15 is 0 Å². The maximum atomic E-state index is 13.4. The number of hydrogen-bond donors (Lipinski definition) is 1. The van der Waals surface area contributed by atoms with E-state index in [9.17, 15) is 13.2 Å². The lowest BCUT2D eigenvalue weighted by Gasteiger charge is -2.12. The van der Waals surface area contributed by atoms with Gasteiger partial charge in [-0.2, -0.15) is 0 Å². The number of aryl methyl sites for hydroxylation is 3. The molecule has 0 saturated carbocycles. The van der Waals surface area contributed by atoms with Gasteiger partial charge in [0.25, 0.3) is 5.56 Å². The van der Waals surface area contributed by atoms with Crippen LogP contribution in [0, 0.1) is 13.8 Å². The van der Waals surface area contributed by atoms with E-state index in [0.717, 1.165) is 27.9 Å². The third-order valence-electron chi connectivity index (χ3n) is 4.70. The van der Waals surface area contributed by atoms with Crippen LogP contribution in [-0.4, -0.2) is 29.5 Å². The molecule has 2 aromatic heterocycles. The van der Waals surface area contributed by atoms with E-state index in [-0.39, 0.29) is 11.3 Å². The van der Waals surface area contributed by atoms with Crippen LogP contribution in [-0.2, 0) is 23.0 Å². The van der Waals surface area contributed by atoms with Crippen molar-refractivity contribution in [2.45, 2.75) is 45.3 Å². The first-order chi connectivity index (χ1) is 13.7. The van der Waals surface area contributed by atoms with Crippen molar-refractivity contribution >= 4 is 43.3 Å². The Hall–Kier alpha value is -1.68. The van der Waals surface area contributed by atoms with Crippen LogP contribution in [0.3, 0.4) is 0 Å². The van der Waals surface area contributed by atoms with Gasteiger partial charge < -0.3 is 0 Å². The van der Waals surface area contributed by atoms with Crippen molar-refractivity contribution in [3.8, 4) is 0 Å². The zero-order chi connectivity index (χ0) is 21.2. The van der Waals surface area contributed by atoms with Crippen LogP contribution >= 0.6 is 23.1 Å². The van der Waals surface area contributed by atoms with Crippen molar-refractivity contribution in [1.29, 1.82) is 0 Å². The number of hydrogen-bond acceptors (Lipinski definition) is 6. The van der Waals surface area contributed by atoms with Gasteiger partial charge in [-0.1, -0.05) is 48.5 Å². The number of nitrogens with zero attached hydrogens (tertiary/aromatic N) is 2. The zero-order valence-corrected chi connectivity index (χ0v) is 19.2. The quantitative estimate of drug-likeness (QED) is 0.321. The van der Waals surface area contributed by atoms with Crippen LogP contribution in [0.1, 0.15) is 34.9 Å². The summed E-state index contributed by atoms with van der Waals surface area (Å²) in [5, 5.41) is 6.39. The van der Waals surface area contributed by atoms with Gasteiger partial charge in [-0.25, -0.2) is 18.5 Å². The van der Waals surface area contributed by atoms with Gasteiger partial charge in [-0.3, -0.25) is 9.36 Å². The zero-order valence-electron chi connectivity index (χ0n) is 16.8. The molecule has 0 bridgehead atoms. The Kier molecular flexibility index (Phi) is 6.83. The van der Waals surface area contributed by atoms with E-state index < -0.39 is 10.0 Å². The van der Waals surface area contributed by atoms with Crippen molar-refractivity contribution in [2.75, 3.05) is 11.5 Å². The summed E-state index contributed by atoms with van der Waals surface area (Å²) in [5.41, 5.74) is 3.15. The topological polar surface area (TPSA) is 95.0 Å². The van der Waals surface area contributed by atoms with Gasteiger partial charge in [0.15, 0.2) is 5.16 Å². The van der Waals surface area contributed by atoms with Crippen molar-refractivity contribution in [3.63, 3.8) is 0 Å². The molecule has 0 unspecified atom stereocenters. The number of thioether (sulfide) groups is 1. The van der Waals surface area contributed by atoms with E-state index in [1.165, 1.54) is 16.6 Å². The molecule has 156 valence electrons. The summed E-state index contributed by atoms with van der Waals surface area (Å²) in [4.78, 5) is 20.1. The molecule has 0 amide bonds. The molecular formula is C20H25N3O3S3. The Labute approximate surface area is 179 Å². The molecule has 0 atom stereocenters. The van der Waals surface area contributed by atoms with Gasteiger partial charge in [0.2, 0.25) is 10.0 Å². The highest BCUT2D eigenvalue weighted by atomic mass is 32.2. The lowest BCUT2D eigenvalue weighted by Crippen LogP contribution is -2.24.